The number of nitrogen functional groups attached to an aromatic ring is 2. The molecule has 2 rings (SSSR count). The van der Waals surface area contributed by atoms with Gasteiger partial charge in [-0.3, -0.25) is 0 Å². The standard InChI is InChI=1S/C9H13N7O/c1-5-3-13-8(17-5)4-12-6-2-7(16-11)15-9(10)14-6/h2-3H,4,11H2,1H3,(H4,10,12,14,15,16). The van der Waals surface area contributed by atoms with Gasteiger partial charge in [0.2, 0.25) is 11.8 Å². The molecule has 0 aliphatic carbocycles. The van der Waals surface area contributed by atoms with E-state index >= 15 is 0 Å². The van der Waals surface area contributed by atoms with Gasteiger partial charge in [-0.2, -0.15) is 9.97 Å². The van der Waals surface area contributed by atoms with Crippen LogP contribution < -0.4 is 22.3 Å². The monoisotopic (exact) mass is 235 g/mol. The van der Waals surface area contributed by atoms with E-state index in [1.165, 1.54) is 0 Å². The lowest BCUT2D eigenvalue weighted by Crippen LogP contribution is -2.12. The summed E-state index contributed by atoms with van der Waals surface area (Å²) < 4.78 is 5.30. The van der Waals surface area contributed by atoms with E-state index in [-0.39, 0.29) is 5.95 Å². The van der Waals surface area contributed by atoms with Crippen molar-refractivity contribution in [3.8, 4) is 0 Å². The van der Waals surface area contributed by atoms with Crippen molar-refractivity contribution < 1.29 is 4.42 Å². The highest BCUT2D eigenvalue weighted by atomic mass is 16.4. The van der Waals surface area contributed by atoms with E-state index in [4.69, 9.17) is 16.0 Å². The zero-order valence-electron chi connectivity index (χ0n) is 9.27. The average Bonchev–Trinajstić information content (AvgIpc) is 2.72. The molecule has 0 atom stereocenters. The van der Waals surface area contributed by atoms with E-state index in [1.54, 1.807) is 12.3 Å². The number of hydrogen-bond donors (Lipinski definition) is 4. The van der Waals surface area contributed by atoms with Crippen molar-refractivity contribution in [2.45, 2.75) is 13.5 Å². The maximum absolute atomic E-state index is 5.51. The van der Waals surface area contributed by atoms with Gasteiger partial charge in [-0.15, -0.1) is 0 Å². The number of aryl methyl sites for hydroxylation is 1. The second kappa shape index (κ2) is 4.66. The van der Waals surface area contributed by atoms with Crippen LogP contribution in [0.3, 0.4) is 0 Å². The third kappa shape index (κ3) is 2.82. The first-order chi connectivity index (χ1) is 8.17. The van der Waals surface area contributed by atoms with Gasteiger partial charge in [0, 0.05) is 6.07 Å². The van der Waals surface area contributed by atoms with Gasteiger partial charge < -0.3 is 20.9 Å². The number of anilines is 3. The van der Waals surface area contributed by atoms with Gasteiger partial charge in [-0.25, -0.2) is 10.8 Å². The Morgan fingerprint density at radius 2 is 2.12 bits per heavy atom. The van der Waals surface area contributed by atoms with E-state index in [9.17, 15) is 0 Å². The first-order valence-electron chi connectivity index (χ1n) is 4.93. The highest BCUT2D eigenvalue weighted by molar-refractivity contribution is 5.50. The molecule has 0 aliphatic rings. The fourth-order valence-electron chi connectivity index (χ4n) is 1.28. The van der Waals surface area contributed by atoms with Crippen LogP contribution >= 0.6 is 0 Å². The molecular formula is C9H13N7O. The zero-order chi connectivity index (χ0) is 12.3. The molecule has 8 nitrogen and oxygen atoms in total. The number of nitrogens with zero attached hydrogens (tertiary/aromatic N) is 3. The second-order valence-corrected chi connectivity index (χ2v) is 3.36. The molecule has 2 aromatic rings. The fourth-order valence-corrected chi connectivity index (χ4v) is 1.28. The predicted octanol–water partition coefficient (Wildman–Crippen LogP) is 0.253. The molecule has 90 valence electrons. The third-order valence-electron chi connectivity index (χ3n) is 1.98. The van der Waals surface area contributed by atoms with Crippen molar-refractivity contribution in [3.05, 3.63) is 23.9 Å². The summed E-state index contributed by atoms with van der Waals surface area (Å²) in [5.74, 6) is 7.68. The van der Waals surface area contributed by atoms with Crippen LogP contribution in [0.1, 0.15) is 11.7 Å². The van der Waals surface area contributed by atoms with Gasteiger partial charge in [0.1, 0.15) is 17.4 Å². The summed E-state index contributed by atoms with van der Waals surface area (Å²) in [5.41, 5.74) is 7.91. The van der Waals surface area contributed by atoms with Crippen molar-refractivity contribution in [2.24, 2.45) is 5.84 Å². The Morgan fingerprint density at radius 3 is 2.76 bits per heavy atom. The molecule has 0 fully saturated rings. The van der Waals surface area contributed by atoms with Gasteiger partial charge >= 0.3 is 0 Å². The summed E-state index contributed by atoms with van der Waals surface area (Å²) in [6, 6.07) is 1.63. The molecule has 0 saturated heterocycles. The number of oxazole rings is 1. The Bertz CT molecular complexity index is 510. The van der Waals surface area contributed by atoms with Gasteiger partial charge in [0.15, 0.2) is 0 Å². The first kappa shape index (κ1) is 11.1. The van der Waals surface area contributed by atoms with Crippen molar-refractivity contribution in [1.82, 2.24) is 15.0 Å². The summed E-state index contributed by atoms with van der Waals surface area (Å²) in [4.78, 5) is 11.9. The number of rotatable bonds is 4. The van der Waals surface area contributed by atoms with Crippen LogP contribution in [0.15, 0.2) is 16.7 Å². The Balaban J connectivity index is 2.05. The van der Waals surface area contributed by atoms with Crippen LogP contribution in [0.5, 0.6) is 0 Å². The highest BCUT2D eigenvalue weighted by Gasteiger charge is 2.03. The second-order valence-electron chi connectivity index (χ2n) is 3.36. The van der Waals surface area contributed by atoms with E-state index in [1.807, 2.05) is 6.92 Å². The molecule has 0 aromatic carbocycles. The lowest BCUT2D eigenvalue weighted by molar-refractivity contribution is 0.479. The fraction of sp³-hybridized carbons (Fsp3) is 0.222. The van der Waals surface area contributed by atoms with Crippen molar-refractivity contribution in [2.75, 3.05) is 16.5 Å². The molecule has 2 heterocycles. The van der Waals surface area contributed by atoms with Crippen LogP contribution in [0, 0.1) is 6.92 Å². The minimum absolute atomic E-state index is 0.131. The van der Waals surface area contributed by atoms with Crippen LogP contribution in [0.4, 0.5) is 17.6 Å². The molecule has 17 heavy (non-hydrogen) atoms. The lowest BCUT2D eigenvalue weighted by atomic mass is 10.5. The van der Waals surface area contributed by atoms with Crippen LogP contribution in [-0.2, 0) is 6.54 Å². The third-order valence-corrected chi connectivity index (χ3v) is 1.98. The Labute approximate surface area is 97.4 Å². The van der Waals surface area contributed by atoms with Crippen LogP contribution in [0.25, 0.3) is 0 Å². The van der Waals surface area contributed by atoms with E-state index in [0.717, 1.165) is 5.76 Å². The first-order valence-corrected chi connectivity index (χ1v) is 4.93. The van der Waals surface area contributed by atoms with Crippen molar-refractivity contribution in [1.29, 1.82) is 0 Å². The minimum Gasteiger partial charge on any atom is -0.444 e. The smallest absolute Gasteiger partial charge is 0.223 e. The number of nitrogens with two attached hydrogens (primary N) is 2. The van der Waals surface area contributed by atoms with Crippen molar-refractivity contribution >= 4 is 17.6 Å². The molecule has 2 aromatic heterocycles. The molecule has 0 saturated carbocycles. The summed E-state index contributed by atoms with van der Waals surface area (Å²) in [6.45, 7) is 2.24. The quantitative estimate of drug-likeness (QED) is 0.438. The van der Waals surface area contributed by atoms with E-state index in [2.05, 4.69) is 25.7 Å². The zero-order valence-corrected chi connectivity index (χ0v) is 9.27. The lowest BCUT2D eigenvalue weighted by Gasteiger charge is -2.06. The molecule has 8 heteroatoms. The van der Waals surface area contributed by atoms with Gasteiger partial charge in [-0.05, 0) is 6.92 Å². The molecule has 0 spiro atoms. The number of nitrogens with one attached hydrogen (secondary N) is 2. The van der Waals surface area contributed by atoms with E-state index < -0.39 is 0 Å². The summed E-state index contributed by atoms with van der Waals surface area (Å²) in [5, 5.41) is 3.01. The van der Waals surface area contributed by atoms with Crippen LogP contribution in [0.2, 0.25) is 0 Å². The molecule has 0 unspecified atom stereocenters. The van der Waals surface area contributed by atoms with Gasteiger partial charge in [-0.1, -0.05) is 0 Å². The minimum atomic E-state index is 0.131. The molecule has 0 aliphatic heterocycles. The molecule has 0 amide bonds. The summed E-state index contributed by atoms with van der Waals surface area (Å²) in [7, 11) is 0. The number of hydrogen-bond acceptors (Lipinski definition) is 8. The Morgan fingerprint density at radius 1 is 1.35 bits per heavy atom. The van der Waals surface area contributed by atoms with Gasteiger partial charge in [0.25, 0.3) is 0 Å². The summed E-state index contributed by atoms with van der Waals surface area (Å²) >= 11 is 0. The molecule has 6 N–H and O–H groups in total. The normalized spacial score (nSPS) is 10.2. The Kier molecular flexibility index (Phi) is 3.06. The van der Waals surface area contributed by atoms with E-state index in [0.29, 0.717) is 24.1 Å². The van der Waals surface area contributed by atoms with Crippen molar-refractivity contribution in [3.63, 3.8) is 0 Å². The topological polar surface area (TPSA) is 128 Å². The SMILES string of the molecule is Cc1cnc(CNc2cc(NN)nc(N)n2)o1. The molecule has 0 bridgehead atoms. The molecule has 0 radical (unpaired) electrons. The number of hydrazine groups is 1. The largest absolute Gasteiger partial charge is 0.444 e. The van der Waals surface area contributed by atoms with Gasteiger partial charge in [0.05, 0.1) is 12.7 Å². The average molecular weight is 235 g/mol. The summed E-state index contributed by atoms with van der Waals surface area (Å²) in [6.07, 6.45) is 1.65. The Hall–Kier alpha value is -2.35. The predicted molar refractivity (Wildman–Crippen MR) is 62.8 cm³/mol. The highest BCUT2D eigenvalue weighted by Crippen LogP contribution is 2.12. The maximum Gasteiger partial charge on any atom is 0.223 e. The molecular weight excluding hydrogens is 222 g/mol. The number of aromatic nitrogens is 3. The maximum atomic E-state index is 5.51. The van der Waals surface area contributed by atoms with Crippen LogP contribution in [-0.4, -0.2) is 15.0 Å².